The summed E-state index contributed by atoms with van der Waals surface area (Å²) < 4.78 is 10.5. The van der Waals surface area contributed by atoms with Crippen molar-refractivity contribution in [2.75, 3.05) is 18.5 Å². The van der Waals surface area contributed by atoms with E-state index in [4.69, 9.17) is 9.47 Å². The lowest BCUT2D eigenvalue weighted by atomic mass is 10.1. The van der Waals surface area contributed by atoms with Gasteiger partial charge in [-0.05, 0) is 57.4 Å². The van der Waals surface area contributed by atoms with Crippen molar-refractivity contribution in [3.8, 4) is 5.75 Å². The fourth-order valence-corrected chi connectivity index (χ4v) is 3.59. The minimum absolute atomic E-state index is 0.120. The van der Waals surface area contributed by atoms with Crippen LogP contribution in [0.2, 0.25) is 0 Å². The number of esters is 1. The van der Waals surface area contributed by atoms with E-state index < -0.39 is 5.97 Å². The fraction of sp³-hybridized carbons (Fsp3) is 0.400. The number of thiophene rings is 1. The maximum absolute atomic E-state index is 12.3. The summed E-state index contributed by atoms with van der Waals surface area (Å²) in [6.07, 6.45) is 0.961. The molecule has 0 aliphatic rings. The van der Waals surface area contributed by atoms with Crippen LogP contribution in [0.15, 0.2) is 24.3 Å². The van der Waals surface area contributed by atoms with E-state index in [-0.39, 0.29) is 5.91 Å². The Balaban J connectivity index is 1.99. The molecule has 0 saturated heterocycles. The van der Waals surface area contributed by atoms with E-state index in [1.807, 2.05) is 45.0 Å². The van der Waals surface area contributed by atoms with Gasteiger partial charge in [0.25, 0.3) is 0 Å². The van der Waals surface area contributed by atoms with E-state index >= 15 is 0 Å². The molecular weight excluding hydrogens is 350 g/mol. The average molecular weight is 375 g/mol. The topological polar surface area (TPSA) is 64.6 Å². The van der Waals surface area contributed by atoms with Crippen molar-refractivity contribution < 1.29 is 19.1 Å². The molecule has 5 nitrogen and oxygen atoms in total. The summed E-state index contributed by atoms with van der Waals surface area (Å²) in [6.45, 7) is 8.44. The number of rotatable bonds is 8. The van der Waals surface area contributed by atoms with Crippen LogP contribution in [0, 0.1) is 13.8 Å². The third-order valence-electron chi connectivity index (χ3n) is 3.99. The quantitative estimate of drug-likeness (QED) is 0.690. The smallest absolute Gasteiger partial charge is 0.341 e. The van der Waals surface area contributed by atoms with Gasteiger partial charge in [-0.2, -0.15) is 0 Å². The van der Waals surface area contributed by atoms with Crippen LogP contribution >= 0.6 is 11.3 Å². The lowest BCUT2D eigenvalue weighted by Crippen LogP contribution is -2.15. The Morgan fingerprint density at radius 1 is 1.08 bits per heavy atom. The molecule has 0 fully saturated rings. The monoisotopic (exact) mass is 375 g/mol. The zero-order valence-electron chi connectivity index (χ0n) is 15.7. The molecule has 0 spiro atoms. The highest BCUT2D eigenvalue weighted by molar-refractivity contribution is 7.16. The predicted molar refractivity (Wildman–Crippen MR) is 104 cm³/mol. The Morgan fingerprint density at radius 2 is 1.77 bits per heavy atom. The summed E-state index contributed by atoms with van der Waals surface area (Å²) in [5.74, 6) is 0.311. The maximum Gasteiger partial charge on any atom is 0.341 e. The van der Waals surface area contributed by atoms with E-state index in [0.29, 0.717) is 36.6 Å². The van der Waals surface area contributed by atoms with E-state index in [2.05, 4.69) is 5.32 Å². The summed E-state index contributed by atoms with van der Waals surface area (Å²) in [4.78, 5) is 25.5. The molecule has 0 radical (unpaired) electrons. The van der Waals surface area contributed by atoms with Crippen molar-refractivity contribution in [1.29, 1.82) is 0 Å². The van der Waals surface area contributed by atoms with E-state index in [0.717, 1.165) is 21.8 Å². The van der Waals surface area contributed by atoms with Crippen molar-refractivity contribution >= 4 is 28.2 Å². The SMILES string of the molecule is CCOC(=O)c1c(NC(=O)CCc2ccc(OCC)cc2)sc(C)c1C. The molecule has 6 heteroatoms. The first-order valence-corrected chi connectivity index (χ1v) is 9.56. The predicted octanol–water partition coefficient (Wildman–Crippen LogP) is 4.51. The highest BCUT2D eigenvalue weighted by Crippen LogP contribution is 2.33. The van der Waals surface area contributed by atoms with Gasteiger partial charge in [0.2, 0.25) is 5.91 Å². The molecule has 2 rings (SSSR count). The van der Waals surface area contributed by atoms with Gasteiger partial charge in [0.1, 0.15) is 10.8 Å². The van der Waals surface area contributed by atoms with Gasteiger partial charge in [0, 0.05) is 11.3 Å². The molecule has 0 aliphatic carbocycles. The molecule has 2 aromatic rings. The number of nitrogens with one attached hydrogen (secondary N) is 1. The molecule has 1 amide bonds. The van der Waals surface area contributed by atoms with Crippen LogP contribution in [-0.4, -0.2) is 25.1 Å². The third-order valence-corrected chi connectivity index (χ3v) is 5.12. The first kappa shape index (κ1) is 20.0. The highest BCUT2D eigenvalue weighted by Gasteiger charge is 2.21. The number of carbonyl (C=O) groups excluding carboxylic acids is 2. The van der Waals surface area contributed by atoms with Crippen molar-refractivity contribution in [2.45, 2.75) is 40.5 Å². The second-order valence-electron chi connectivity index (χ2n) is 5.83. The first-order chi connectivity index (χ1) is 12.5. The van der Waals surface area contributed by atoms with Gasteiger partial charge in [0.15, 0.2) is 0 Å². The first-order valence-electron chi connectivity index (χ1n) is 8.74. The molecule has 140 valence electrons. The fourth-order valence-electron chi connectivity index (χ4n) is 2.53. The Labute approximate surface area is 158 Å². The number of hydrogen-bond donors (Lipinski definition) is 1. The molecule has 0 aliphatic heterocycles. The minimum atomic E-state index is -0.392. The van der Waals surface area contributed by atoms with Crippen molar-refractivity contribution in [3.63, 3.8) is 0 Å². The molecule has 1 aromatic heterocycles. The van der Waals surface area contributed by atoms with Gasteiger partial charge in [-0.3, -0.25) is 4.79 Å². The Kier molecular flexibility index (Phi) is 7.21. The number of amides is 1. The Hall–Kier alpha value is -2.34. The summed E-state index contributed by atoms with van der Waals surface area (Å²) in [6, 6.07) is 7.73. The second-order valence-corrected chi connectivity index (χ2v) is 7.06. The van der Waals surface area contributed by atoms with E-state index in [1.54, 1.807) is 6.92 Å². The molecule has 0 atom stereocenters. The molecule has 1 heterocycles. The summed E-state index contributed by atoms with van der Waals surface area (Å²) in [7, 11) is 0. The van der Waals surface area contributed by atoms with Crippen LogP contribution in [0.25, 0.3) is 0 Å². The van der Waals surface area contributed by atoms with Crippen LogP contribution in [0.5, 0.6) is 5.75 Å². The standard InChI is InChI=1S/C20H25NO4S/c1-5-24-16-10-7-15(8-11-16)9-12-17(22)21-19-18(20(23)25-6-2)13(3)14(4)26-19/h7-8,10-11H,5-6,9,12H2,1-4H3,(H,21,22). The van der Waals surface area contributed by atoms with Crippen LogP contribution < -0.4 is 10.1 Å². The average Bonchev–Trinajstić information content (AvgIpc) is 2.88. The summed E-state index contributed by atoms with van der Waals surface area (Å²) in [5.41, 5.74) is 2.38. The molecule has 26 heavy (non-hydrogen) atoms. The van der Waals surface area contributed by atoms with Gasteiger partial charge < -0.3 is 14.8 Å². The van der Waals surface area contributed by atoms with Gasteiger partial charge in [-0.1, -0.05) is 12.1 Å². The number of carbonyl (C=O) groups is 2. The minimum Gasteiger partial charge on any atom is -0.494 e. The van der Waals surface area contributed by atoms with Gasteiger partial charge in [0.05, 0.1) is 18.8 Å². The molecular formula is C20H25NO4S. The molecule has 0 unspecified atom stereocenters. The van der Waals surface area contributed by atoms with Gasteiger partial charge >= 0.3 is 5.97 Å². The lowest BCUT2D eigenvalue weighted by Gasteiger charge is -2.08. The van der Waals surface area contributed by atoms with Crippen molar-refractivity contribution in [3.05, 3.63) is 45.8 Å². The third kappa shape index (κ3) is 5.08. The highest BCUT2D eigenvalue weighted by atomic mass is 32.1. The van der Waals surface area contributed by atoms with E-state index in [1.165, 1.54) is 11.3 Å². The van der Waals surface area contributed by atoms with Crippen LogP contribution in [-0.2, 0) is 16.0 Å². The zero-order chi connectivity index (χ0) is 19.1. The summed E-state index contributed by atoms with van der Waals surface area (Å²) in [5, 5.41) is 3.43. The zero-order valence-corrected chi connectivity index (χ0v) is 16.5. The van der Waals surface area contributed by atoms with Crippen molar-refractivity contribution in [1.82, 2.24) is 0 Å². The van der Waals surface area contributed by atoms with Crippen LogP contribution in [0.1, 0.15) is 46.6 Å². The number of benzene rings is 1. The molecule has 0 bridgehead atoms. The molecule has 1 aromatic carbocycles. The van der Waals surface area contributed by atoms with Crippen molar-refractivity contribution in [2.24, 2.45) is 0 Å². The molecule has 0 saturated carbocycles. The number of aryl methyl sites for hydroxylation is 2. The summed E-state index contributed by atoms with van der Waals surface area (Å²) >= 11 is 1.40. The van der Waals surface area contributed by atoms with E-state index in [9.17, 15) is 9.59 Å². The Morgan fingerprint density at radius 3 is 2.38 bits per heavy atom. The largest absolute Gasteiger partial charge is 0.494 e. The second kappa shape index (κ2) is 9.38. The number of ether oxygens (including phenoxy) is 2. The number of anilines is 1. The van der Waals surface area contributed by atoms with Crippen LogP contribution in [0.3, 0.4) is 0 Å². The van der Waals surface area contributed by atoms with Crippen LogP contribution in [0.4, 0.5) is 5.00 Å². The van der Waals surface area contributed by atoms with Gasteiger partial charge in [-0.25, -0.2) is 4.79 Å². The van der Waals surface area contributed by atoms with Gasteiger partial charge in [-0.15, -0.1) is 11.3 Å². The lowest BCUT2D eigenvalue weighted by molar-refractivity contribution is -0.116. The number of hydrogen-bond acceptors (Lipinski definition) is 5. The molecule has 1 N–H and O–H groups in total. The Bertz CT molecular complexity index is 765. The normalized spacial score (nSPS) is 10.5. The maximum atomic E-state index is 12.3.